The minimum Gasteiger partial charge on any atom is -0.508 e. The van der Waals surface area contributed by atoms with Crippen LogP contribution >= 0.6 is 0 Å². The number of aliphatic hydroxyl groups excluding tert-OH is 2. The lowest BCUT2D eigenvalue weighted by Gasteiger charge is -2.36. The van der Waals surface area contributed by atoms with Crippen LogP contribution < -0.4 is 9.64 Å². The van der Waals surface area contributed by atoms with Crippen molar-refractivity contribution in [2.24, 2.45) is 17.8 Å². The molecular weight excluding hydrogens is 580 g/mol. The van der Waals surface area contributed by atoms with E-state index in [1.54, 1.807) is 48.7 Å². The Bertz CT molecular complexity index is 1740. The summed E-state index contributed by atoms with van der Waals surface area (Å²) in [6, 6.07) is 30.6. The Morgan fingerprint density at radius 2 is 1.67 bits per heavy atom. The molecule has 0 bridgehead atoms. The zero-order chi connectivity index (χ0) is 32.0. The molecule has 1 fully saturated rings. The third kappa shape index (κ3) is 6.49. The minimum absolute atomic E-state index is 0.106. The van der Waals surface area contributed by atoms with Gasteiger partial charge in [-0.2, -0.15) is 0 Å². The van der Waals surface area contributed by atoms with Crippen LogP contribution in [-0.2, 0) is 9.59 Å². The monoisotopic (exact) mass is 616 g/mol. The van der Waals surface area contributed by atoms with Gasteiger partial charge < -0.3 is 20.1 Å². The molecule has 1 aliphatic heterocycles. The van der Waals surface area contributed by atoms with Crippen molar-refractivity contribution in [1.82, 2.24) is 4.98 Å². The highest BCUT2D eigenvalue weighted by Gasteiger charge is 2.55. The van der Waals surface area contributed by atoms with Gasteiger partial charge in [0.2, 0.25) is 11.8 Å². The topological polar surface area (TPSA) is 120 Å². The van der Waals surface area contributed by atoms with E-state index >= 15 is 0 Å². The van der Waals surface area contributed by atoms with E-state index in [1.807, 2.05) is 66.7 Å². The number of benzene rings is 3. The van der Waals surface area contributed by atoms with Crippen molar-refractivity contribution < 1.29 is 29.6 Å². The SMILES string of the molecule is O=C1[C@@H]2[C@@H](CC(COc3ccccc3)=C([C@H](O)CC/C(=C/c3cccc(O)c3)c3ccccn3)[C@@H]2CO)C(=O)N1c1ccccc1. The molecule has 2 heterocycles. The first kappa shape index (κ1) is 31.0. The molecule has 0 spiro atoms. The predicted octanol–water partition coefficient (Wildman–Crippen LogP) is 5.66. The number of aromatic hydroxyl groups is 1. The molecule has 8 nitrogen and oxygen atoms in total. The number of ether oxygens (including phenoxy) is 1. The standard InChI is InChI=1S/C38H36N2O6/c41-23-32-35(34(43)18-17-26(33-16-7-8-19-39-33)20-25-10-9-13-29(42)21-25)27(24-46-30-14-5-2-6-15-30)22-31-36(32)38(45)40(37(31)44)28-11-3-1-4-12-28/h1-16,19-21,31-32,34,36,41-43H,17-18,22-24H2/b26-20-/t31-,32+,34-,36-/m1/s1. The Hall–Kier alpha value is -5.05. The number of fused-ring (bicyclic) bond motifs is 1. The van der Waals surface area contributed by atoms with Crippen LogP contribution in [-0.4, -0.2) is 51.4 Å². The van der Waals surface area contributed by atoms with Crippen molar-refractivity contribution in [3.63, 3.8) is 0 Å². The molecule has 2 aliphatic rings. The maximum absolute atomic E-state index is 13.9. The van der Waals surface area contributed by atoms with Crippen molar-refractivity contribution in [1.29, 1.82) is 0 Å². The fourth-order valence-electron chi connectivity index (χ4n) is 6.70. The molecule has 3 aromatic carbocycles. The fraction of sp³-hybridized carbons (Fsp3) is 0.237. The van der Waals surface area contributed by atoms with E-state index in [9.17, 15) is 24.9 Å². The number of amides is 2. The maximum Gasteiger partial charge on any atom is 0.238 e. The van der Waals surface area contributed by atoms with Gasteiger partial charge in [-0.1, -0.05) is 54.6 Å². The van der Waals surface area contributed by atoms with Gasteiger partial charge in [-0.05, 0) is 96.2 Å². The first-order valence-corrected chi connectivity index (χ1v) is 15.5. The molecule has 234 valence electrons. The number of para-hydroxylation sites is 2. The largest absolute Gasteiger partial charge is 0.508 e. The smallest absolute Gasteiger partial charge is 0.238 e. The summed E-state index contributed by atoms with van der Waals surface area (Å²) in [5, 5.41) is 32.7. The molecule has 0 unspecified atom stereocenters. The van der Waals surface area contributed by atoms with Crippen LogP contribution in [0.15, 0.2) is 120 Å². The van der Waals surface area contributed by atoms with Gasteiger partial charge in [0.05, 0.1) is 35.9 Å². The van der Waals surface area contributed by atoms with Crippen molar-refractivity contribution in [3.05, 3.63) is 132 Å². The van der Waals surface area contributed by atoms with Crippen LogP contribution in [0, 0.1) is 17.8 Å². The van der Waals surface area contributed by atoms with Gasteiger partial charge in [0.15, 0.2) is 0 Å². The molecule has 1 saturated heterocycles. The number of phenolic OH excluding ortho intramolecular Hbond substituents is 1. The Morgan fingerprint density at radius 3 is 2.37 bits per heavy atom. The van der Waals surface area contributed by atoms with E-state index in [0.717, 1.165) is 16.8 Å². The van der Waals surface area contributed by atoms with Crippen LogP contribution in [0.1, 0.15) is 30.5 Å². The minimum atomic E-state index is -1.03. The normalized spacial score (nSPS) is 20.5. The van der Waals surface area contributed by atoms with E-state index in [1.165, 1.54) is 4.90 Å². The van der Waals surface area contributed by atoms with E-state index in [2.05, 4.69) is 4.98 Å². The average molecular weight is 617 g/mol. The van der Waals surface area contributed by atoms with Gasteiger partial charge in [-0.3, -0.25) is 19.5 Å². The Balaban J connectivity index is 1.33. The third-order valence-electron chi connectivity index (χ3n) is 8.80. The maximum atomic E-state index is 13.9. The average Bonchev–Trinajstić information content (AvgIpc) is 3.34. The van der Waals surface area contributed by atoms with Crippen molar-refractivity contribution in [2.75, 3.05) is 18.1 Å². The number of phenols is 1. The van der Waals surface area contributed by atoms with Crippen LogP contribution in [0.3, 0.4) is 0 Å². The molecule has 2 amide bonds. The van der Waals surface area contributed by atoms with E-state index in [0.29, 0.717) is 29.0 Å². The van der Waals surface area contributed by atoms with Crippen molar-refractivity contribution in [2.45, 2.75) is 25.4 Å². The molecule has 4 aromatic rings. The second-order valence-corrected chi connectivity index (χ2v) is 11.7. The number of pyridine rings is 1. The molecule has 8 heteroatoms. The molecule has 0 radical (unpaired) electrons. The molecule has 6 rings (SSSR count). The summed E-state index contributed by atoms with van der Waals surface area (Å²) in [6.45, 7) is -0.300. The lowest BCUT2D eigenvalue weighted by Crippen LogP contribution is -2.40. The lowest BCUT2D eigenvalue weighted by molar-refractivity contribution is -0.123. The van der Waals surface area contributed by atoms with Crippen LogP contribution in [0.5, 0.6) is 11.5 Å². The summed E-state index contributed by atoms with van der Waals surface area (Å²) in [6.07, 6.45) is 3.52. The molecule has 1 aromatic heterocycles. The fourth-order valence-corrected chi connectivity index (χ4v) is 6.70. The summed E-state index contributed by atoms with van der Waals surface area (Å²) in [5.41, 5.74) is 4.13. The second-order valence-electron chi connectivity index (χ2n) is 11.7. The lowest BCUT2D eigenvalue weighted by atomic mass is 9.68. The van der Waals surface area contributed by atoms with Crippen LogP contribution in [0.4, 0.5) is 5.69 Å². The van der Waals surface area contributed by atoms with Gasteiger partial charge in [-0.15, -0.1) is 0 Å². The van der Waals surface area contributed by atoms with Crippen molar-refractivity contribution in [3.8, 4) is 11.5 Å². The van der Waals surface area contributed by atoms with E-state index < -0.39 is 30.5 Å². The molecule has 3 N–H and O–H groups in total. The highest BCUT2D eigenvalue weighted by Crippen LogP contribution is 2.47. The van der Waals surface area contributed by atoms with Gasteiger partial charge in [-0.25, -0.2) is 0 Å². The molecule has 0 saturated carbocycles. The summed E-state index contributed by atoms with van der Waals surface area (Å²) in [5.74, 6) is -2.14. The predicted molar refractivity (Wildman–Crippen MR) is 176 cm³/mol. The quantitative estimate of drug-likeness (QED) is 0.147. The van der Waals surface area contributed by atoms with Gasteiger partial charge in [0.1, 0.15) is 18.1 Å². The number of carbonyl (C=O) groups excluding carboxylic acids is 2. The summed E-state index contributed by atoms with van der Waals surface area (Å²) in [7, 11) is 0. The second kappa shape index (κ2) is 13.9. The highest BCUT2D eigenvalue weighted by molar-refractivity contribution is 6.22. The first-order chi connectivity index (χ1) is 22.4. The number of carbonyl (C=O) groups is 2. The van der Waals surface area contributed by atoms with E-state index in [4.69, 9.17) is 4.74 Å². The third-order valence-corrected chi connectivity index (χ3v) is 8.80. The van der Waals surface area contributed by atoms with Gasteiger partial charge >= 0.3 is 0 Å². The zero-order valence-electron chi connectivity index (χ0n) is 25.3. The number of hydrogen-bond acceptors (Lipinski definition) is 7. The van der Waals surface area contributed by atoms with Crippen LogP contribution in [0.2, 0.25) is 0 Å². The van der Waals surface area contributed by atoms with Crippen molar-refractivity contribution >= 4 is 29.2 Å². The Kier molecular flexibility index (Phi) is 9.38. The molecule has 46 heavy (non-hydrogen) atoms. The number of nitrogens with zero attached hydrogens (tertiary/aromatic N) is 2. The summed E-state index contributed by atoms with van der Waals surface area (Å²) in [4.78, 5) is 33.4. The molecular formula is C38H36N2O6. The number of imide groups is 1. The highest BCUT2D eigenvalue weighted by atomic mass is 16.5. The number of hydrogen-bond donors (Lipinski definition) is 3. The molecule has 4 atom stereocenters. The van der Waals surface area contributed by atoms with Crippen LogP contribution in [0.25, 0.3) is 11.6 Å². The number of aliphatic hydroxyl groups is 2. The van der Waals surface area contributed by atoms with Gasteiger partial charge in [0, 0.05) is 12.1 Å². The van der Waals surface area contributed by atoms with Gasteiger partial charge in [0.25, 0.3) is 0 Å². The summed E-state index contributed by atoms with van der Waals surface area (Å²) >= 11 is 0. The summed E-state index contributed by atoms with van der Waals surface area (Å²) < 4.78 is 6.12. The number of rotatable bonds is 11. The van der Waals surface area contributed by atoms with E-state index in [-0.39, 0.29) is 37.0 Å². The Morgan fingerprint density at radius 1 is 0.935 bits per heavy atom. The number of anilines is 1. The Labute approximate surface area is 267 Å². The number of allylic oxidation sites excluding steroid dienone is 1. The molecule has 1 aliphatic carbocycles. The first-order valence-electron chi connectivity index (χ1n) is 15.5. The number of aromatic nitrogens is 1. The zero-order valence-corrected chi connectivity index (χ0v) is 25.3.